The maximum atomic E-state index is 5.89. The first-order valence-electron chi connectivity index (χ1n) is 6.80. The standard InChI is InChI=1S/C16H21N3S/c1-5-16(2,3)19(4)14-11-8-6-7-9-13(11)18-10-12(14)15(17)20/h6-10H,5H2,1-4H3,(H2,17,20). The highest BCUT2D eigenvalue weighted by Crippen LogP contribution is 2.33. The minimum atomic E-state index is 0.0175. The van der Waals surface area contributed by atoms with E-state index in [1.807, 2.05) is 18.2 Å². The van der Waals surface area contributed by atoms with Gasteiger partial charge in [0.05, 0.1) is 16.8 Å². The van der Waals surface area contributed by atoms with Crippen LogP contribution in [0.4, 0.5) is 5.69 Å². The molecular formula is C16H21N3S. The van der Waals surface area contributed by atoms with Gasteiger partial charge in [0.2, 0.25) is 0 Å². The van der Waals surface area contributed by atoms with Gasteiger partial charge in [0.15, 0.2) is 0 Å². The average Bonchev–Trinajstić information content (AvgIpc) is 2.45. The zero-order valence-electron chi connectivity index (χ0n) is 12.5. The molecule has 0 amide bonds. The van der Waals surface area contributed by atoms with E-state index >= 15 is 0 Å². The third kappa shape index (κ3) is 2.48. The summed E-state index contributed by atoms with van der Waals surface area (Å²) in [4.78, 5) is 7.10. The van der Waals surface area contributed by atoms with Crippen LogP contribution in [0.3, 0.4) is 0 Å². The molecule has 0 unspecified atom stereocenters. The minimum absolute atomic E-state index is 0.0175. The van der Waals surface area contributed by atoms with Crippen molar-refractivity contribution in [3.05, 3.63) is 36.0 Å². The van der Waals surface area contributed by atoms with Crippen molar-refractivity contribution in [2.45, 2.75) is 32.7 Å². The summed E-state index contributed by atoms with van der Waals surface area (Å²) in [6.07, 6.45) is 2.80. The Balaban J connectivity index is 2.76. The number of pyridine rings is 1. The van der Waals surface area contributed by atoms with Crippen LogP contribution in [0.2, 0.25) is 0 Å². The largest absolute Gasteiger partial charge is 0.389 e. The molecule has 1 aromatic heterocycles. The van der Waals surface area contributed by atoms with Gasteiger partial charge in [0, 0.05) is 24.2 Å². The number of anilines is 1. The molecule has 1 aromatic carbocycles. The lowest BCUT2D eigenvalue weighted by molar-refractivity contribution is 0.471. The van der Waals surface area contributed by atoms with Crippen LogP contribution < -0.4 is 10.6 Å². The van der Waals surface area contributed by atoms with Gasteiger partial charge in [-0.1, -0.05) is 37.3 Å². The van der Waals surface area contributed by atoms with Crippen molar-refractivity contribution in [1.82, 2.24) is 4.98 Å². The molecule has 0 saturated heterocycles. The Bertz CT molecular complexity index is 649. The predicted molar refractivity (Wildman–Crippen MR) is 90.4 cm³/mol. The highest BCUT2D eigenvalue weighted by molar-refractivity contribution is 7.80. The zero-order chi connectivity index (χ0) is 14.9. The lowest BCUT2D eigenvalue weighted by Crippen LogP contribution is -2.41. The fourth-order valence-corrected chi connectivity index (χ4v) is 2.36. The highest BCUT2D eigenvalue weighted by Gasteiger charge is 2.25. The molecule has 0 aliphatic heterocycles. The van der Waals surface area contributed by atoms with E-state index in [2.05, 4.69) is 43.8 Å². The number of hydrogen-bond acceptors (Lipinski definition) is 3. The second-order valence-electron chi connectivity index (χ2n) is 5.63. The van der Waals surface area contributed by atoms with Crippen molar-refractivity contribution in [2.75, 3.05) is 11.9 Å². The predicted octanol–water partition coefficient (Wildman–Crippen LogP) is 3.49. The quantitative estimate of drug-likeness (QED) is 0.874. The van der Waals surface area contributed by atoms with E-state index in [0.29, 0.717) is 4.99 Å². The smallest absolute Gasteiger partial charge is 0.107 e. The summed E-state index contributed by atoms with van der Waals surface area (Å²) >= 11 is 5.20. The summed E-state index contributed by atoms with van der Waals surface area (Å²) in [7, 11) is 2.09. The van der Waals surface area contributed by atoms with E-state index in [1.54, 1.807) is 6.20 Å². The number of hydrogen-bond donors (Lipinski definition) is 1. The molecule has 4 heteroatoms. The molecule has 0 aliphatic carbocycles. The lowest BCUT2D eigenvalue weighted by atomic mass is 9.97. The number of benzene rings is 1. The van der Waals surface area contributed by atoms with Crippen molar-refractivity contribution >= 4 is 33.8 Å². The normalized spacial score (nSPS) is 11.6. The molecule has 2 rings (SSSR count). The topological polar surface area (TPSA) is 42.1 Å². The second kappa shape index (κ2) is 5.37. The van der Waals surface area contributed by atoms with E-state index in [9.17, 15) is 0 Å². The Morgan fingerprint density at radius 1 is 1.35 bits per heavy atom. The number of thiocarbonyl (C=S) groups is 1. The first-order valence-corrected chi connectivity index (χ1v) is 7.20. The van der Waals surface area contributed by atoms with Gasteiger partial charge in [-0.25, -0.2) is 0 Å². The Labute approximate surface area is 125 Å². The summed E-state index contributed by atoms with van der Waals surface area (Å²) in [6.45, 7) is 6.61. The molecule has 0 radical (unpaired) electrons. The average molecular weight is 287 g/mol. The monoisotopic (exact) mass is 287 g/mol. The molecule has 2 aromatic rings. The molecule has 0 spiro atoms. The second-order valence-corrected chi connectivity index (χ2v) is 6.07. The Morgan fingerprint density at radius 2 is 2.00 bits per heavy atom. The van der Waals surface area contributed by atoms with Crippen molar-refractivity contribution < 1.29 is 0 Å². The van der Waals surface area contributed by atoms with Crippen molar-refractivity contribution in [2.24, 2.45) is 5.73 Å². The van der Waals surface area contributed by atoms with Crippen LogP contribution in [0.1, 0.15) is 32.8 Å². The summed E-state index contributed by atoms with van der Waals surface area (Å²) in [5, 5.41) is 1.09. The maximum Gasteiger partial charge on any atom is 0.107 e. The van der Waals surface area contributed by atoms with E-state index in [1.165, 1.54) is 0 Å². The van der Waals surface area contributed by atoms with Crippen LogP contribution in [-0.4, -0.2) is 22.6 Å². The third-order valence-electron chi connectivity index (χ3n) is 4.12. The van der Waals surface area contributed by atoms with Crippen LogP contribution in [-0.2, 0) is 0 Å². The molecule has 0 fully saturated rings. The van der Waals surface area contributed by atoms with E-state index in [-0.39, 0.29) is 5.54 Å². The van der Waals surface area contributed by atoms with Gasteiger partial charge in [0.1, 0.15) is 4.99 Å². The maximum absolute atomic E-state index is 5.89. The van der Waals surface area contributed by atoms with Gasteiger partial charge in [-0.3, -0.25) is 4.98 Å². The van der Waals surface area contributed by atoms with E-state index in [0.717, 1.165) is 28.6 Å². The van der Waals surface area contributed by atoms with Gasteiger partial charge in [-0.15, -0.1) is 0 Å². The van der Waals surface area contributed by atoms with Gasteiger partial charge >= 0.3 is 0 Å². The number of aromatic nitrogens is 1. The fourth-order valence-electron chi connectivity index (χ4n) is 2.21. The number of nitrogens with zero attached hydrogens (tertiary/aromatic N) is 2. The molecule has 0 aliphatic rings. The zero-order valence-corrected chi connectivity index (χ0v) is 13.3. The summed E-state index contributed by atoms with van der Waals surface area (Å²) in [6, 6.07) is 8.09. The summed E-state index contributed by atoms with van der Waals surface area (Å²) in [5.74, 6) is 0. The number of nitrogens with two attached hydrogens (primary N) is 1. The summed E-state index contributed by atoms with van der Waals surface area (Å²) in [5.41, 5.74) is 8.77. The molecular weight excluding hydrogens is 266 g/mol. The van der Waals surface area contributed by atoms with Gasteiger partial charge in [0.25, 0.3) is 0 Å². The van der Waals surface area contributed by atoms with Crippen molar-refractivity contribution in [3.8, 4) is 0 Å². The highest BCUT2D eigenvalue weighted by atomic mass is 32.1. The number of rotatable bonds is 4. The molecule has 106 valence electrons. The van der Waals surface area contributed by atoms with Gasteiger partial charge in [-0.2, -0.15) is 0 Å². The van der Waals surface area contributed by atoms with Crippen LogP contribution in [0.5, 0.6) is 0 Å². The fraction of sp³-hybridized carbons (Fsp3) is 0.375. The SMILES string of the molecule is CCC(C)(C)N(C)c1c(C(N)=S)cnc2ccccc12. The molecule has 1 heterocycles. The lowest BCUT2D eigenvalue weighted by Gasteiger charge is -2.38. The Hall–Kier alpha value is -1.68. The van der Waals surface area contributed by atoms with Crippen LogP contribution in [0, 0.1) is 0 Å². The first kappa shape index (κ1) is 14.7. The van der Waals surface area contributed by atoms with Crippen LogP contribution >= 0.6 is 12.2 Å². The minimum Gasteiger partial charge on any atom is -0.389 e. The number of para-hydroxylation sites is 1. The van der Waals surface area contributed by atoms with E-state index in [4.69, 9.17) is 18.0 Å². The first-order chi connectivity index (χ1) is 9.38. The Kier molecular flexibility index (Phi) is 3.95. The van der Waals surface area contributed by atoms with Crippen molar-refractivity contribution in [3.63, 3.8) is 0 Å². The Morgan fingerprint density at radius 3 is 2.60 bits per heavy atom. The van der Waals surface area contributed by atoms with Crippen LogP contribution in [0.25, 0.3) is 10.9 Å². The van der Waals surface area contributed by atoms with Crippen molar-refractivity contribution in [1.29, 1.82) is 0 Å². The molecule has 0 atom stereocenters. The van der Waals surface area contributed by atoms with Gasteiger partial charge < -0.3 is 10.6 Å². The van der Waals surface area contributed by atoms with E-state index < -0.39 is 0 Å². The number of fused-ring (bicyclic) bond motifs is 1. The molecule has 20 heavy (non-hydrogen) atoms. The molecule has 3 nitrogen and oxygen atoms in total. The molecule has 0 saturated carbocycles. The third-order valence-corrected chi connectivity index (χ3v) is 4.34. The van der Waals surface area contributed by atoms with Gasteiger partial charge in [-0.05, 0) is 26.3 Å². The van der Waals surface area contributed by atoms with Crippen LogP contribution in [0.15, 0.2) is 30.5 Å². The molecule has 2 N–H and O–H groups in total. The molecule has 0 bridgehead atoms. The summed E-state index contributed by atoms with van der Waals surface area (Å²) < 4.78 is 0.